The molecule has 0 fully saturated rings. The molecule has 1 aromatic heterocycles. The normalized spacial score (nSPS) is 10.6. The average molecular weight is 237 g/mol. The Labute approximate surface area is 101 Å². The number of H-pyrrole nitrogens is 1. The molecule has 1 amide bonds. The zero-order valence-corrected chi connectivity index (χ0v) is 10.5. The van der Waals surface area contributed by atoms with Crippen LogP contribution in [0.2, 0.25) is 0 Å². The van der Waals surface area contributed by atoms with Crippen LogP contribution in [0.25, 0.3) is 0 Å². The Bertz CT molecular complexity index is 396. The molecule has 94 valence electrons. The topological polar surface area (TPSA) is 65.2 Å². The Hall–Kier alpha value is -1.62. The molecule has 0 unspecified atom stereocenters. The van der Waals surface area contributed by atoms with Crippen LogP contribution in [0.1, 0.15) is 34.2 Å². The molecule has 0 saturated heterocycles. The zero-order valence-electron chi connectivity index (χ0n) is 10.5. The molecule has 0 spiro atoms. The molecule has 1 rings (SSSR count). The van der Waals surface area contributed by atoms with E-state index in [1.165, 1.54) is 6.92 Å². The summed E-state index contributed by atoms with van der Waals surface area (Å²) >= 11 is 0. The summed E-state index contributed by atoms with van der Waals surface area (Å²) in [5.74, 6) is -0.218. The smallest absolute Gasteiger partial charge is 0.267 e. The number of nitrogens with one attached hydrogen (secondary N) is 2. The van der Waals surface area contributed by atoms with E-state index < -0.39 is 0 Å². The van der Waals surface area contributed by atoms with Gasteiger partial charge in [-0.2, -0.15) is 0 Å². The summed E-state index contributed by atoms with van der Waals surface area (Å²) in [7, 11) is 3.98. The van der Waals surface area contributed by atoms with Gasteiger partial charge in [-0.3, -0.25) is 9.59 Å². The molecule has 1 aromatic rings. The van der Waals surface area contributed by atoms with Crippen LogP contribution >= 0.6 is 0 Å². The second-order valence-corrected chi connectivity index (χ2v) is 4.27. The van der Waals surface area contributed by atoms with Gasteiger partial charge < -0.3 is 15.2 Å². The Morgan fingerprint density at radius 2 is 2.12 bits per heavy atom. The zero-order chi connectivity index (χ0) is 12.8. The van der Waals surface area contributed by atoms with E-state index in [-0.39, 0.29) is 11.7 Å². The highest BCUT2D eigenvalue weighted by atomic mass is 16.2. The van der Waals surface area contributed by atoms with E-state index in [1.54, 1.807) is 12.3 Å². The van der Waals surface area contributed by atoms with Crippen molar-refractivity contribution < 1.29 is 9.59 Å². The van der Waals surface area contributed by atoms with Crippen molar-refractivity contribution in [3.8, 4) is 0 Å². The standard InChI is InChI=1S/C12H19N3O2/c1-9(16)10-7-11(14-8-10)12(17)13-5-4-6-15(2)3/h7-8,14H,4-6H2,1-3H3,(H,13,17). The van der Waals surface area contributed by atoms with E-state index in [9.17, 15) is 9.59 Å². The lowest BCUT2D eigenvalue weighted by Gasteiger charge is -2.09. The molecular weight excluding hydrogens is 218 g/mol. The van der Waals surface area contributed by atoms with Gasteiger partial charge in [0.1, 0.15) is 5.69 Å². The number of ketones is 1. The lowest BCUT2D eigenvalue weighted by atomic mass is 10.2. The molecule has 0 radical (unpaired) electrons. The number of aromatic nitrogens is 1. The fraction of sp³-hybridized carbons (Fsp3) is 0.500. The monoisotopic (exact) mass is 237 g/mol. The molecule has 5 heteroatoms. The first-order valence-electron chi connectivity index (χ1n) is 5.63. The van der Waals surface area contributed by atoms with E-state index in [1.807, 2.05) is 14.1 Å². The summed E-state index contributed by atoms with van der Waals surface area (Å²) in [5.41, 5.74) is 0.962. The van der Waals surface area contributed by atoms with Crippen LogP contribution in [0.5, 0.6) is 0 Å². The lowest BCUT2D eigenvalue weighted by molar-refractivity contribution is 0.0947. The van der Waals surface area contributed by atoms with Gasteiger partial charge >= 0.3 is 0 Å². The lowest BCUT2D eigenvalue weighted by Crippen LogP contribution is -2.27. The van der Waals surface area contributed by atoms with Crippen LogP contribution in [-0.2, 0) is 0 Å². The third-order valence-electron chi connectivity index (χ3n) is 2.40. The second kappa shape index (κ2) is 6.20. The van der Waals surface area contributed by atoms with E-state index in [2.05, 4.69) is 15.2 Å². The van der Waals surface area contributed by atoms with E-state index in [0.29, 0.717) is 17.8 Å². The van der Waals surface area contributed by atoms with Gasteiger partial charge in [-0.1, -0.05) is 0 Å². The SMILES string of the molecule is CC(=O)c1c[nH]c(C(=O)NCCCN(C)C)c1. The number of rotatable bonds is 6. The molecule has 5 nitrogen and oxygen atoms in total. The van der Waals surface area contributed by atoms with Gasteiger partial charge in [0, 0.05) is 18.3 Å². The van der Waals surface area contributed by atoms with E-state index >= 15 is 0 Å². The first-order valence-corrected chi connectivity index (χ1v) is 5.63. The third-order valence-corrected chi connectivity index (χ3v) is 2.40. The molecule has 0 aliphatic rings. The minimum absolute atomic E-state index is 0.0482. The van der Waals surface area contributed by atoms with Gasteiger partial charge in [0.25, 0.3) is 5.91 Å². The van der Waals surface area contributed by atoms with Crippen molar-refractivity contribution in [2.45, 2.75) is 13.3 Å². The largest absolute Gasteiger partial charge is 0.356 e. The molecule has 0 saturated carbocycles. The van der Waals surface area contributed by atoms with Crippen molar-refractivity contribution in [1.29, 1.82) is 0 Å². The molecule has 0 aliphatic heterocycles. The summed E-state index contributed by atoms with van der Waals surface area (Å²) in [6, 6.07) is 1.57. The summed E-state index contributed by atoms with van der Waals surface area (Å²) < 4.78 is 0. The number of Topliss-reactive ketones (excluding diaryl/α,β-unsaturated/α-hetero) is 1. The number of amides is 1. The quantitative estimate of drug-likeness (QED) is 0.570. The number of carbonyl (C=O) groups is 2. The molecule has 0 aliphatic carbocycles. The summed E-state index contributed by atoms with van der Waals surface area (Å²) in [4.78, 5) is 27.6. The molecular formula is C12H19N3O2. The number of aromatic amines is 1. The van der Waals surface area contributed by atoms with Crippen LogP contribution in [0.3, 0.4) is 0 Å². The molecule has 0 bridgehead atoms. The van der Waals surface area contributed by atoms with Crippen molar-refractivity contribution in [2.75, 3.05) is 27.2 Å². The minimum Gasteiger partial charge on any atom is -0.356 e. The maximum absolute atomic E-state index is 11.7. The highest BCUT2D eigenvalue weighted by molar-refractivity contribution is 5.98. The van der Waals surface area contributed by atoms with Crippen molar-refractivity contribution in [3.05, 3.63) is 23.5 Å². The van der Waals surface area contributed by atoms with Crippen LogP contribution in [0.4, 0.5) is 0 Å². The Morgan fingerprint density at radius 3 is 2.65 bits per heavy atom. The van der Waals surface area contributed by atoms with Crippen molar-refractivity contribution in [2.24, 2.45) is 0 Å². The third kappa shape index (κ3) is 4.40. The fourth-order valence-corrected chi connectivity index (χ4v) is 1.42. The molecule has 1 heterocycles. The Morgan fingerprint density at radius 1 is 1.41 bits per heavy atom. The molecule has 17 heavy (non-hydrogen) atoms. The molecule has 0 atom stereocenters. The molecule has 0 aromatic carbocycles. The highest BCUT2D eigenvalue weighted by Crippen LogP contribution is 2.04. The van der Waals surface area contributed by atoms with Gasteiger partial charge in [0.05, 0.1) is 0 Å². The second-order valence-electron chi connectivity index (χ2n) is 4.27. The summed E-state index contributed by atoms with van der Waals surface area (Å²) in [6.45, 7) is 3.04. The van der Waals surface area contributed by atoms with Crippen LogP contribution in [0, 0.1) is 0 Å². The Kier molecular flexibility index (Phi) is 4.90. The van der Waals surface area contributed by atoms with E-state index in [4.69, 9.17) is 0 Å². The van der Waals surface area contributed by atoms with Gasteiger partial charge in [-0.15, -0.1) is 0 Å². The number of hydrogen-bond acceptors (Lipinski definition) is 3. The van der Waals surface area contributed by atoms with Gasteiger partial charge in [0.15, 0.2) is 5.78 Å². The maximum Gasteiger partial charge on any atom is 0.267 e. The first kappa shape index (κ1) is 13.4. The number of hydrogen-bond donors (Lipinski definition) is 2. The number of nitrogens with zero attached hydrogens (tertiary/aromatic N) is 1. The molecule has 2 N–H and O–H groups in total. The summed E-state index contributed by atoms with van der Waals surface area (Å²) in [6.07, 6.45) is 2.45. The summed E-state index contributed by atoms with van der Waals surface area (Å²) in [5, 5.41) is 2.80. The fourth-order valence-electron chi connectivity index (χ4n) is 1.42. The predicted molar refractivity (Wildman–Crippen MR) is 66.3 cm³/mol. The van der Waals surface area contributed by atoms with Crippen molar-refractivity contribution >= 4 is 11.7 Å². The van der Waals surface area contributed by atoms with Crippen LogP contribution in [-0.4, -0.2) is 48.8 Å². The van der Waals surface area contributed by atoms with Gasteiger partial charge in [-0.05, 0) is 40.1 Å². The minimum atomic E-state index is -0.170. The first-order chi connectivity index (χ1) is 8.00. The van der Waals surface area contributed by atoms with Crippen LogP contribution < -0.4 is 5.32 Å². The van der Waals surface area contributed by atoms with Gasteiger partial charge in [-0.25, -0.2) is 0 Å². The maximum atomic E-state index is 11.7. The van der Waals surface area contributed by atoms with Gasteiger partial charge in [0.2, 0.25) is 0 Å². The predicted octanol–water partition coefficient (Wildman–Crippen LogP) is 0.899. The van der Waals surface area contributed by atoms with E-state index in [0.717, 1.165) is 13.0 Å². The average Bonchev–Trinajstić information content (AvgIpc) is 2.73. The van der Waals surface area contributed by atoms with Crippen molar-refractivity contribution in [3.63, 3.8) is 0 Å². The highest BCUT2D eigenvalue weighted by Gasteiger charge is 2.09. The Balaban J connectivity index is 2.39. The number of carbonyl (C=O) groups excluding carboxylic acids is 2. The van der Waals surface area contributed by atoms with Crippen LogP contribution in [0.15, 0.2) is 12.3 Å². The van der Waals surface area contributed by atoms with Crippen molar-refractivity contribution in [1.82, 2.24) is 15.2 Å².